The van der Waals surface area contributed by atoms with Gasteiger partial charge in [0.15, 0.2) is 0 Å². The van der Waals surface area contributed by atoms with Gasteiger partial charge in [-0.15, -0.1) is 0 Å². The molecule has 0 amide bonds. The normalized spacial score (nSPS) is 11.8. The Morgan fingerprint density at radius 2 is 1.38 bits per heavy atom. The predicted molar refractivity (Wildman–Crippen MR) is 74.9 cm³/mol. The van der Waals surface area contributed by atoms with Crippen LogP contribution in [0, 0.1) is 0 Å². The topological polar surface area (TPSA) is 3.24 Å². The first kappa shape index (κ1) is 15.7. The third-order valence-electron chi connectivity index (χ3n) is 3.00. The monoisotopic (exact) mass is 225 g/mol. The van der Waals surface area contributed by atoms with Crippen LogP contribution in [0.1, 0.15) is 65.7 Å². The van der Waals surface area contributed by atoms with Gasteiger partial charge in [-0.05, 0) is 39.3 Å². The maximum absolute atomic E-state index is 2.64. The van der Waals surface area contributed by atoms with E-state index in [0.29, 0.717) is 0 Å². The lowest BCUT2D eigenvalue weighted by atomic mass is 10.2. The van der Waals surface area contributed by atoms with Gasteiger partial charge in [-0.2, -0.15) is 0 Å². The molecule has 0 bridgehead atoms. The van der Waals surface area contributed by atoms with Gasteiger partial charge in [0.25, 0.3) is 0 Å². The van der Waals surface area contributed by atoms with Crippen LogP contribution in [0.15, 0.2) is 12.2 Å². The minimum atomic E-state index is 1.22. The Labute approximate surface area is 103 Å². The highest BCUT2D eigenvalue weighted by Crippen LogP contribution is 2.03. The van der Waals surface area contributed by atoms with E-state index in [4.69, 9.17) is 0 Å². The Hall–Kier alpha value is -0.300. The van der Waals surface area contributed by atoms with Crippen molar-refractivity contribution in [2.75, 3.05) is 19.6 Å². The number of rotatable bonds is 11. The highest BCUT2D eigenvalue weighted by molar-refractivity contribution is 4.78. The SMILES string of the molecule is CC=CCCN(CCCCC)CCCCC. The van der Waals surface area contributed by atoms with E-state index in [0.717, 1.165) is 0 Å². The summed E-state index contributed by atoms with van der Waals surface area (Å²) in [6.45, 7) is 10.5. The molecule has 0 N–H and O–H groups in total. The summed E-state index contributed by atoms with van der Waals surface area (Å²) in [6, 6.07) is 0. The van der Waals surface area contributed by atoms with Gasteiger partial charge in [0.1, 0.15) is 0 Å². The molecule has 0 aliphatic rings. The summed E-state index contributed by atoms with van der Waals surface area (Å²) in [5.41, 5.74) is 0. The Bertz CT molecular complexity index is 142. The first-order valence-electron chi connectivity index (χ1n) is 7.18. The van der Waals surface area contributed by atoms with Crippen molar-refractivity contribution in [3.8, 4) is 0 Å². The van der Waals surface area contributed by atoms with Gasteiger partial charge < -0.3 is 4.90 Å². The maximum atomic E-state index is 2.64. The Kier molecular flexibility index (Phi) is 12.5. The molecule has 96 valence electrons. The van der Waals surface area contributed by atoms with Crippen molar-refractivity contribution in [3.05, 3.63) is 12.2 Å². The maximum Gasteiger partial charge on any atom is 0.00159 e. The van der Waals surface area contributed by atoms with Crippen LogP contribution in [0.3, 0.4) is 0 Å². The minimum absolute atomic E-state index is 1.22. The first-order valence-corrected chi connectivity index (χ1v) is 7.18. The van der Waals surface area contributed by atoms with E-state index >= 15 is 0 Å². The van der Waals surface area contributed by atoms with Crippen LogP contribution in [-0.4, -0.2) is 24.5 Å². The molecule has 0 aromatic carbocycles. The van der Waals surface area contributed by atoms with Gasteiger partial charge in [-0.25, -0.2) is 0 Å². The van der Waals surface area contributed by atoms with Crippen molar-refractivity contribution in [2.45, 2.75) is 65.7 Å². The summed E-state index contributed by atoms with van der Waals surface area (Å²) in [4.78, 5) is 2.64. The lowest BCUT2D eigenvalue weighted by Crippen LogP contribution is -2.27. The molecule has 0 aromatic rings. The van der Waals surface area contributed by atoms with Crippen molar-refractivity contribution in [1.29, 1.82) is 0 Å². The van der Waals surface area contributed by atoms with Crippen molar-refractivity contribution in [2.24, 2.45) is 0 Å². The zero-order chi connectivity index (χ0) is 12.1. The van der Waals surface area contributed by atoms with Crippen LogP contribution in [0.5, 0.6) is 0 Å². The summed E-state index contributed by atoms with van der Waals surface area (Å²) in [7, 11) is 0. The van der Waals surface area contributed by atoms with Crippen molar-refractivity contribution in [3.63, 3.8) is 0 Å². The lowest BCUT2D eigenvalue weighted by molar-refractivity contribution is 0.266. The molecule has 0 rings (SSSR count). The summed E-state index contributed by atoms with van der Waals surface area (Å²) in [5, 5.41) is 0. The second-order valence-electron chi connectivity index (χ2n) is 4.61. The molecule has 0 aromatic heterocycles. The summed E-state index contributed by atoms with van der Waals surface area (Å²) in [6.07, 6.45) is 13.8. The molecule has 1 nitrogen and oxygen atoms in total. The standard InChI is InChI=1S/C15H31N/c1-4-7-10-13-16(14-11-8-5-2)15-12-9-6-3/h4,7H,5-6,8-15H2,1-3H3. The second kappa shape index (κ2) is 12.8. The molecule has 0 fully saturated rings. The molecule has 0 aliphatic heterocycles. The molecule has 0 heterocycles. The molecule has 0 atom stereocenters. The summed E-state index contributed by atoms with van der Waals surface area (Å²) < 4.78 is 0. The van der Waals surface area contributed by atoms with E-state index < -0.39 is 0 Å². The fourth-order valence-electron chi connectivity index (χ4n) is 1.93. The molecular weight excluding hydrogens is 194 g/mol. The van der Waals surface area contributed by atoms with Gasteiger partial charge in [0.2, 0.25) is 0 Å². The highest BCUT2D eigenvalue weighted by atomic mass is 15.1. The van der Waals surface area contributed by atoms with Gasteiger partial charge in [-0.1, -0.05) is 51.7 Å². The number of unbranched alkanes of at least 4 members (excludes halogenated alkanes) is 4. The van der Waals surface area contributed by atoms with E-state index in [1.165, 1.54) is 64.6 Å². The van der Waals surface area contributed by atoms with Crippen LogP contribution in [-0.2, 0) is 0 Å². The largest absolute Gasteiger partial charge is 0.303 e. The van der Waals surface area contributed by atoms with Gasteiger partial charge in [0, 0.05) is 6.54 Å². The van der Waals surface area contributed by atoms with Gasteiger partial charge in [0.05, 0.1) is 0 Å². The third kappa shape index (κ3) is 10.2. The van der Waals surface area contributed by atoms with E-state index in [-0.39, 0.29) is 0 Å². The van der Waals surface area contributed by atoms with E-state index in [9.17, 15) is 0 Å². The smallest absolute Gasteiger partial charge is 0.00159 e. The Balaban J connectivity index is 3.66. The molecule has 0 saturated carbocycles. The first-order chi connectivity index (χ1) is 7.85. The molecule has 0 spiro atoms. The number of allylic oxidation sites excluding steroid dienone is 1. The fourth-order valence-corrected chi connectivity index (χ4v) is 1.93. The van der Waals surface area contributed by atoms with Gasteiger partial charge in [-0.3, -0.25) is 0 Å². The van der Waals surface area contributed by atoms with E-state index in [2.05, 4.69) is 37.8 Å². The average Bonchev–Trinajstić information content (AvgIpc) is 2.29. The molecule has 0 unspecified atom stereocenters. The number of hydrogen-bond acceptors (Lipinski definition) is 1. The molecular formula is C15H31N. The van der Waals surface area contributed by atoms with Crippen molar-refractivity contribution in [1.82, 2.24) is 4.90 Å². The molecule has 0 radical (unpaired) electrons. The lowest BCUT2D eigenvalue weighted by Gasteiger charge is -2.21. The molecule has 0 aliphatic carbocycles. The van der Waals surface area contributed by atoms with E-state index in [1.807, 2.05) is 0 Å². The predicted octanol–water partition coefficient (Wildman–Crippen LogP) is 4.64. The molecule has 1 heteroatoms. The highest BCUT2D eigenvalue weighted by Gasteiger charge is 2.02. The second-order valence-corrected chi connectivity index (χ2v) is 4.61. The Morgan fingerprint density at radius 1 is 0.812 bits per heavy atom. The molecule has 16 heavy (non-hydrogen) atoms. The zero-order valence-electron chi connectivity index (χ0n) is 11.7. The molecule has 0 saturated heterocycles. The summed E-state index contributed by atoms with van der Waals surface area (Å²) in [5.74, 6) is 0. The van der Waals surface area contributed by atoms with Crippen LogP contribution in [0.2, 0.25) is 0 Å². The average molecular weight is 225 g/mol. The zero-order valence-corrected chi connectivity index (χ0v) is 11.7. The third-order valence-corrected chi connectivity index (χ3v) is 3.00. The van der Waals surface area contributed by atoms with Crippen molar-refractivity contribution < 1.29 is 0 Å². The number of nitrogens with zero attached hydrogens (tertiary/aromatic N) is 1. The van der Waals surface area contributed by atoms with E-state index in [1.54, 1.807) is 0 Å². The van der Waals surface area contributed by atoms with Gasteiger partial charge >= 0.3 is 0 Å². The van der Waals surface area contributed by atoms with Crippen LogP contribution in [0.25, 0.3) is 0 Å². The number of hydrogen-bond donors (Lipinski definition) is 0. The summed E-state index contributed by atoms with van der Waals surface area (Å²) >= 11 is 0. The fraction of sp³-hybridized carbons (Fsp3) is 0.867. The quantitative estimate of drug-likeness (QED) is 0.366. The van der Waals surface area contributed by atoms with Crippen LogP contribution >= 0.6 is 0 Å². The minimum Gasteiger partial charge on any atom is -0.303 e. The Morgan fingerprint density at radius 3 is 1.81 bits per heavy atom. The van der Waals surface area contributed by atoms with Crippen molar-refractivity contribution >= 4 is 0 Å². The van der Waals surface area contributed by atoms with Crippen LogP contribution < -0.4 is 0 Å². The van der Waals surface area contributed by atoms with Crippen LogP contribution in [0.4, 0.5) is 0 Å².